The highest BCUT2D eigenvalue weighted by Gasteiger charge is 2.24. The molecule has 1 aromatic carbocycles. The lowest BCUT2D eigenvalue weighted by Crippen LogP contribution is -2.42. The summed E-state index contributed by atoms with van der Waals surface area (Å²) in [6, 6.07) is 8.19. The van der Waals surface area contributed by atoms with E-state index in [4.69, 9.17) is 0 Å². The van der Waals surface area contributed by atoms with Gasteiger partial charge in [0.1, 0.15) is 0 Å². The van der Waals surface area contributed by atoms with Crippen LogP contribution >= 0.6 is 12.6 Å². The van der Waals surface area contributed by atoms with Gasteiger partial charge in [-0.1, -0.05) is 38.3 Å². The van der Waals surface area contributed by atoms with Gasteiger partial charge in [0.25, 0.3) is 0 Å². The topological polar surface area (TPSA) is 29.1 Å². The zero-order chi connectivity index (χ0) is 13.7. The fourth-order valence-corrected chi connectivity index (χ4v) is 3.09. The van der Waals surface area contributed by atoms with Crippen LogP contribution < -0.4 is 5.32 Å². The van der Waals surface area contributed by atoms with Gasteiger partial charge in [-0.05, 0) is 36.5 Å². The monoisotopic (exact) mass is 277 g/mol. The minimum absolute atomic E-state index is 0.150. The summed E-state index contributed by atoms with van der Waals surface area (Å²) in [4.78, 5) is 13.0. The summed E-state index contributed by atoms with van der Waals surface area (Å²) in [5, 5.41) is 3.22. The Bertz CT molecular complexity index is 415. The predicted molar refractivity (Wildman–Crippen MR) is 81.6 cm³/mol. The lowest BCUT2D eigenvalue weighted by Gasteiger charge is -2.31. The molecule has 2 rings (SSSR count). The minimum Gasteiger partial charge on any atom is -0.353 e. The molecule has 0 spiro atoms. The molecule has 2 atom stereocenters. The van der Waals surface area contributed by atoms with Crippen molar-refractivity contribution in [2.24, 2.45) is 5.92 Å². The van der Waals surface area contributed by atoms with Gasteiger partial charge in [-0.2, -0.15) is 0 Å². The third kappa shape index (κ3) is 4.27. The molecule has 1 N–H and O–H groups in total. The van der Waals surface area contributed by atoms with E-state index in [-0.39, 0.29) is 5.91 Å². The Labute approximate surface area is 121 Å². The maximum Gasteiger partial charge on any atom is 0.224 e. The molecule has 19 heavy (non-hydrogen) atoms. The van der Waals surface area contributed by atoms with Crippen LogP contribution in [0.3, 0.4) is 0 Å². The van der Waals surface area contributed by atoms with Gasteiger partial charge in [-0.25, -0.2) is 0 Å². The van der Waals surface area contributed by atoms with Gasteiger partial charge < -0.3 is 5.32 Å². The maximum absolute atomic E-state index is 12.1. The van der Waals surface area contributed by atoms with Crippen LogP contribution in [-0.2, 0) is 11.2 Å². The molecule has 1 aromatic rings. The average molecular weight is 277 g/mol. The summed E-state index contributed by atoms with van der Waals surface area (Å²) in [7, 11) is 0. The van der Waals surface area contributed by atoms with Gasteiger partial charge in [0, 0.05) is 10.9 Å². The zero-order valence-electron chi connectivity index (χ0n) is 11.6. The molecule has 2 nitrogen and oxygen atoms in total. The van der Waals surface area contributed by atoms with Gasteiger partial charge in [0.05, 0.1) is 6.42 Å². The number of hydrogen-bond acceptors (Lipinski definition) is 2. The standard InChI is InChI=1S/C16H23NOS/c1-2-13-5-3-4-6-15(13)17-16(18)11-12-7-9-14(19)10-8-12/h7-10,13,15,19H,2-6,11H2,1H3,(H,17,18). The van der Waals surface area contributed by atoms with E-state index >= 15 is 0 Å². The summed E-state index contributed by atoms with van der Waals surface area (Å²) >= 11 is 4.25. The van der Waals surface area contributed by atoms with Crippen molar-refractivity contribution >= 4 is 18.5 Å². The van der Waals surface area contributed by atoms with E-state index in [0.717, 1.165) is 16.9 Å². The highest BCUT2D eigenvalue weighted by atomic mass is 32.1. The van der Waals surface area contributed by atoms with Crippen molar-refractivity contribution in [2.75, 3.05) is 0 Å². The summed E-state index contributed by atoms with van der Waals surface area (Å²) in [6.45, 7) is 2.22. The van der Waals surface area contributed by atoms with E-state index < -0.39 is 0 Å². The number of carbonyl (C=O) groups excluding carboxylic acids is 1. The quantitative estimate of drug-likeness (QED) is 0.809. The second-order valence-corrected chi connectivity index (χ2v) is 5.99. The predicted octanol–water partition coefficient (Wildman–Crippen LogP) is 3.60. The van der Waals surface area contributed by atoms with E-state index in [0.29, 0.717) is 18.4 Å². The highest BCUT2D eigenvalue weighted by molar-refractivity contribution is 7.80. The van der Waals surface area contributed by atoms with Crippen molar-refractivity contribution in [2.45, 2.75) is 56.4 Å². The first-order valence-corrected chi connectivity index (χ1v) is 7.71. The van der Waals surface area contributed by atoms with Gasteiger partial charge in [-0.3, -0.25) is 4.79 Å². The third-order valence-corrected chi connectivity index (χ3v) is 4.38. The van der Waals surface area contributed by atoms with Crippen LogP contribution in [0.4, 0.5) is 0 Å². The fraction of sp³-hybridized carbons (Fsp3) is 0.562. The van der Waals surface area contributed by atoms with Crippen LogP contribution in [0.5, 0.6) is 0 Å². The van der Waals surface area contributed by atoms with Crippen LogP contribution in [0, 0.1) is 5.92 Å². The van der Waals surface area contributed by atoms with Gasteiger partial charge in [-0.15, -0.1) is 12.6 Å². The van der Waals surface area contributed by atoms with Crippen molar-refractivity contribution in [3.8, 4) is 0 Å². The van der Waals surface area contributed by atoms with Crippen LogP contribution in [0.1, 0.15) is 44.6 Å². The number of nitrogens with one attached hydrogen (secondary N) is 1. The first-order valence-electron chi connectivity index (χ1n) is 7.26. The minimum atomic E-state index is 0.150. The lowest BCUT2D eigenvalue weighted by atomic mass is 9.83. The molecule has 2 unspecified atom stereocenters. The molecule has 104 valence electrons. The molecule has 0 aliphatic heterocycles. The number of rotatable bonds is 4. The van der Waals surface area contributed by atoms with Crippen molar-refractivity contribution in [3.63, 3.8) is 0 Å². The smallest absolute Gasteiger partial charge is 0.224 e. The van der Waals surface area contributed by atoms with Gasteiger partial charge in [0.15, 0.2) is 0 Å². The molecular weight excluding hydrogens is 254 g/mol. The second-order valence-electron chi connectivity index (χ2n) is 5.47. The molecule has 1 aliphatic carbocycles. The normalized spacial score (nSPS) is 23.1. The zero-order valence-corrected chi connectivity index (χ0v) is 12.5. The maximum atomic E-state index is 12.1. The van der Waals surface area contributed by atoms with Gasteiger partial charge >= 0.3 is 0 Å². The Morgan fingerprint density at radius 2 is 1.95 bits per heavy atom. The van der Waals surface area contributed by atoms with Gasteiger partial charge in [0.2, 0.25) is 5.91 Å². The molecule has 3 heteroatoms. The first kappa shape index (κ1) is 14.4. The molecule has 0 radical (unpaired) electrons. The fourth-order valence-electron chi connectivity index (χ4n) is 2.94. The number of amides is 1. The summed E-state index contributed by atoms with van der Waals surface area (Å²) < 4.78 is 0. The van der Waals surface area contributed by atoms with Crippen LogP contribution in [-0.4, -0.2) is 11.9 Å². The Morgan fingerprint density at radius 1 is 1.26 bits per heavy atom. The largest absolute Gasteiger partial charge is 0.353 e. The summed E-state index contributed by atoms with van der Waals surface area (Å²) in [5.41, 5.74) is 1.05. The van der Waals surface area contributed by atoms with E-state index in [1.807, 2.05) is 24.3 Å². The van der Waals surface area contributed by atoms with Crippen molar-refractivity contribution in [1.82, 2.24) is 5.32 Å². The van der Waals surface area contributed by atoms with E-state index in [9.17, 15) is 4.79 Å². The Balaban J connectivity index is 1.88. The van der Waals surface area contributed by atoms with Crippen LogP contribution in [0.15, 0.2) is 29.2 Å². The number of benzene rings is 1. The Kier molecular flexibility index (Phi) is 5.32. The first-order chi connectivity index (χ1) is 9.19. The Morgan fingerprint density at radius 3 is 2.63 bits per heavy atom. The van der Waals surface area contributed by atoms with Crippen molar-refractivity contribution in [1.29, 1.82) is 0 Å². The number of hydrogen-bond donors (Lipinski definition) is 2. The molecule has 1 aliphatic rings. The molecule has 0 saturated heterocycles. The lowest BCUT2D eigenvalue weighted by molar-refractivity contribution is -0.121. The molecule has 0 bridgehead atoms. The number of thiol groups is 1. The number of carbonyl (C=O) groups is 1. The van der Waals surface area contributed by atoms with Crippen molar-refractivity contribution < 1.29 is 4.79 Å². The molecule has 1 fully saturated rings. The second kappa shape index (κ2) is 6.99. The molecular formula is C16H23NOS. The van der Waals surface area contributed by atoms with Crippen LogP contribution in [0.2, 0.25) is 0 Å². The van der Waals surface area contributed by atoms with E-state index in [2.05, 4.69) is 24.9 Å². The Hall–Kier alpha value is -0.960. The molecule has 1 saturated carbocycles. The third-order valence-electron chi connectivity index (χ3n) is 4.08. The van der Waals surface area contributed by atoms with E-state index in [1.165, 1.54) is 25.7 Å². The van der Waals surface area contributed by atoms with Crippen LogP contribution in [0.25, 0.3) is 0 Å². The highest BCUT2D eigenvalue weighted by Crippen LogP contribution is 2.26. The van der Waals surface area contributed by atoms with E-state index in [1.54, 1.807) is 0 Å². The SMILES string of the molecule is CCC1CCCCC1NC(=O)Cc1ccc(S)cc1. The summed E-state index contributed by atoms with van der Waals surface area (Å²) in [6.07, 6.45) is 6.60. The van der Waals surface area contributed by atoms with Crippen molar-refractivity contribution in [3.05, 3.63) is 29.8 Å². The average Bonchev–Trinajstić information content (AvgIpc) is 2.42. The molecule has 0 aromatic heterocycles. The summed E-state index contributed by atoms with van der Waals surface area (Å²) in [5.74, 6) is 0.815. The molecule has 1 amide bonds. The molecule has 0 heterocycles.